The van der Waals surface area contributed by atoms with Crippen molar-refractivity contribution in [3.8, 4) is 0 Å². The van der Waals surface area contributed by atoms with Crippen LogP contribution in [0.25, 0.3) is 10.2 Å². The summed E-state index contributed by atoms with van der Waals surface area (Å²) in [6, 6.07) is 7.82. The number of rotatable bonds is 2. The molecule has 0 spiro atoms. The Morgan fingerprint density at radius 3 is 2.92 bits per heavy atom. The molecular weight excluding hydrogens is 204 g/mol. The van der Waals surface area contributed by atoms with E-state index in [-0.39, 0.29) is 0 Å². The molecule has 0 aliphatic heterocycles. The van der Waals surface area contributed by atoms with E-state index in [0.717, 1.165) is 15.2 Å². The molecule has 1 heterocycles. The molecule has 0 bridgehead atoms. The van der Waals surface area contributed by atoms with Gasteiger partial charge in [-0.15, -0.1) is 11.3 Å². The maximum Gasteiger partial charge on any atom is 0.130 e. The number of hydrogen-bond donors (Lipinski definition) is 2. The number of fused-ring (bicyclic) bond motifs is 1. The number of thiazole rings is 1. The molecule has 0 aliphatic carbocycles. The zero-order valence-electron chi connectivity index (χ0n) is 6.68. The number of nitrogens with zero attached hydrogens (tertiary/aromatic N) is 1. The van der Waals surface area contributed by atoms with Crippen molar-refractivity contribution >= 4 is 33.6 Å². The highest BCUT2D eigenvalue weighted by Crippen LogP contribution is 2.29. The molecule has 5 heteroatoms. The van der Waals surface area contributed by atoms with E-state index in [2.05, 4.69) is 4.98 Å². The zero-order valence-corrected chi connectivity index (χ0v) is 8.31. The van der Waals surface area contributed by atoms with Gasteiger partial charge in [0.2, 0.25) is 0 Å². The monoisotopic (exact) mass is 212 g/mol. The molecule has 0 radical (unpaired) electrons. The summed E-state index contributed by atoms with van der Waals surface area (Å²) < 4.78 is 9.87. The van der Waals surface area contributed by atoms with Crippen molar-refractivity contribution in [2.75, 3.05) is 0 Å². The van der Waals surface area contributed by atoms with Gasteiger partial charge >= 0.3 is 0 Å². The molecule has 0 saturated carbocycles. The van der Waals surface area contributed by atoms with Gasteiger partial charge in [-0.2, -0.15) is 0 Å². The minimum atomic E-state index is -0.433. The third-order valence-electron chi connectivity index (χ3n) is 1.67. The number of para-hydroxylation sites is 1. The number of benzene rings is 1. The summed E-state index contributed by atoms with van der Waals surface area (Å²) in [5.74, 6) is 0. The molecule has 3 N–H and O–H groups in total. The maximum atomic E-state index is 8.77. The second-order valence-electron chi connectivity index (χ2n) is 2.55. The average molecular weight is 212 g/mol. The Labute approximate surface area is 83.8 Å². The van der Waals surface area contributed by atoms with Crippen LogP contribution in [0.15, 0.2) is 24.3 Å². The van der Waals surface area contributed by atoms with Crippen LogP contribution in [0.5, 0.6) is 0 Å². The van der Waals surface area contributed by atoms with E-state index < -0.39 is 5.37 Å². The van der Waals surface area contributed by atoms with E-state index >= 15 is 0 Å². The molecular formula is C8H8N2OS2. The van der Waals surface area contributed by atoms with Crippen molar-refractivity contribution in [3.63, 3.8) is 0 Å². The van der Waals surface area contributed by atoms with Crippen LogP contribution in [-0.2, 0) is 0 Å². The summed E-state index contributed by atoms with van der Waals surface area (Å²) >= 11 is 2.13. The molecule has 0 saturated heterocycles. The third kappa shape index (κ3) is 1.68. The second-order valence-corrected chi connectivity index (χ2v) is 4.33. The Hall–Kier alpha value is -0.620. The second kappa shape index (κ2) is 3.63. The van der Waals surface area contributed by atoms with E-state index in [0.29, 0.717) is 12.0 Å². The first kappa shape index (κ1) is 8.96. The first-order valence-corrected chi connectivity index (χ1v) is 5.38. The van der Waals surface area contributed by atoms with Crippen LogP contribution in [0.1, 0.15) is 10.4 Å². The highest BCUT2D eigenvalue weighted by atomic mass is 32.2. The van der Waals surface area contributed by atoms with Gasteiger partial charge in [-0.05, 0) is 12.1 Å². The van der Waals surface area contributed by atoms with Crippen molar-refractivity contribution in [1.82, 2.24) is 4.98 Å². The fourth-order valence-electron chi connectivity index (χ4n) is 1.06. The van der Waals surface area contributed by atoms with Gasteiger partial charge in [0.25, 0.3) is 0 Å². The Bertz CT molecular complexity index is 382. The molecule has 1 aromatic carbocycles. The molecule has 1 unspecified atom stereocenters. The molecule has 1 atom stereocenters. The molecule has 0 aliphatic rings. The predicted molar refractivity (Wildman–Crippen MR) is 56.8 cm³/mol. The summed E-state index contributed by atoms with van der Waals surface area (Å²) in [7, 11) is 0. The van der Waals surface area contributed by atoms with E-state index in [9.17, 15) is 0 Å². The van der Waals surface area contributed by atoms with Gasteiger partial charge in [-0.3, -0.25) is 0 Å². The normalized spacial score (nSPS) is 13.4. The van der Waals surface area contributed by atoms with Crippen LogP contribution in [0.4, 0.5) is 0 Å². The first-order chi connectivity index (χ1) is 6.31. The van der Waals surface area contributed by atoms with Gasteiger partial charge in [0.05, 0.1) is 10.2 Å². The molecule has 68 valence electrons. The lowest BCUT2D eigenvalue weighted by atomic mass is 10.3. The lowest BCUT2D eigenvalue weighted by Gasteiger charge is -1.99. The third-order valence-corrected chi connectivity index (χ3v) is 3.39. The van der Waals surface area contributed by atoms with E-state index in [1.165, 1.54) is 11.3 Å². The van der Waals surface area contributed by atoms with Crippen molar-refractivity contribution in [2.45, 2.75) is 5.37 Å². The predicted octanol–water partition coefficient (Wildman–Crippen LogP) is 2.46. The Morgan fingerprint density at radius 1 is 1.46 bits per heavy atom. The van der Waals surface area contributed by atoms with Crippen LogP contribution in [0.3, 0.4) is 0 Å². The summed E-state index contributed by atoms with van der Waals surface area (Å²) in [5.41, 5.74) is 6.56. The molecule has 0 fully saturated rings. The van der Waals surface area contributed by atoms with Crippen molar-refractivity contribution in [1.29, 1.82) is 0 Å². The van der Waals surface area contributed by atoms with E-state index in [4.69, 9.17) is 10.3 Å². The largest absolute Gasteiger partial charge is 0.328 e. The molecule has 2 aromatic rings. The van der Waals surface area contributed by atoms with Crippen LogP contribution in [-0.4, -0.2) is 9.54 Å². The highest BCUT2D eigenvalue weighted by molar-refractivity contribution is 7.94. The van der Waals surface area contributed by atoms with Gasteiger partial charge < -0.3 is 10.3 Å². The summed E-state index contributed by atoms with van der Waals surface area (Å²) in [6.07, 6.45) is 0. The van der Waals surface area contributed by atoms with E-state index in [1.807, 2.05) is 24.3 Å². The zero-order chi connectivity index (χ0) is 9.26. The van der Waals surface area contributed by atoms with Crippen molar-refractivity contribution in [3.05, 3.63) is 29.3 Å². The SMILES string of the molecule is NC(SO)c1nc2ccccc2s1. The number of nitrogens with two attached hydrogens (primary N) is 1. The topological polar surface area (TPSA) is 59.1 Å². The van der Waals surface area contributed by atoms with Gasteiger partial charge in [0, 0.05) is 12.0 Å². The molecule has 13 heavy (non-hydrogen) atoms. The van der Waals surface area contributed by atoms with Crippen LogP contribution in [0, 0.1) is 0 Å². The lowest BCUT2D eigenvalue weighted by molar-refractivity contribution is 0.651. The fraction of sp³-hybridized carbons (Fsp3) is 0.125. The van der Waals surface area contributed by atoms with Crippen LogP contribution >= 0.6 is 23.4 Å². The quantitative estimate of drug-likeness (QED) is 0.593. The van der Waals surface area contributed by atoms with E-state index in [1.54, 1.807) is 0 Å². The maximum absolute atomic E-state index is 8.77. The summed E-state index contributed by atoms with van der Waals surface area (Å²) in [5, 5.41) is 0.325. The van der Waals surface area contributed by atoms with Crippen LogP contribution in [0.2, 0.25) is 0 Å². The van der Waals surface area contributed by atoms with Gasteiger partial charge in [-0.25, -0.2) is 4.98 Å². The van der Waals surface area contributed by atoms with Crippen LogP contribution < -0.4 is 5.73 Å². The summed E-state index contributed by atoms with van der Waals surface area (Å²) in [6.45, 7) is 0. The average Bonchev–Trinajstić information content (AvgIpc) is 2.59. The summed E-state index contributed by atoms with van der Waals surface area (Å²) in [4.78, 5) is 4.30. The molecule has 3 nitrogen and oxygen atoms in total. The smallest absolute Gasteiger partial charge is 0.130 e. The van der Waals surface area contributed by atoms with Crippen molar-refractivity contribution < 1.29 is 4.55 Å². The Morgan fingerprint density at radius 2 is 2.23 bits per heavy atom. The standard InChI is InChI=1S/C8H8N2OS2/c9-7(13-11)8-10-5-3-1-2-4-6(5)12-8/h1-4,7,11H,9H2. The number of hydrogen-bond acceptors (Lipinski definition) is 5. The first-order valence-electron chi connectivity index (χ1n) is 3.72. The van der Waals surface area contributed by atoms with Crippen molar-refractivity contribution in [2.24, 2.45) is 5.73 Å². The molecule has 2 rings (SSSR count). The molecule has 0 amide bonds. The minimum absolute atomic E-state index is 0.433. The van der Waals surface area contributed by atoms with Gasteiger partial charge in [0.15, 0.2) is 0 Å². The van der Waals surface area contributed by atoms with Gasteiger partial charge in [0.1, 0.15) is 10.4 Å². The highest BCUT2D eigenvalue weighted by Gasteiger charge is 2.10. The number of aromatic nitrogens is 1. The fourth-order valence-corrected chi connectivity index (χ4v) is 2.32. The van der Waals surface area contributed by atoms with Gasteiger partial charge in [-0.1, -0.05) is 12.1 Å². The minimum Gasteiger partial charge on any atom is -0.328 e. The molecule has 1 aromatic heterocycles. The Kier molecular flexibility index (Phi) is 2.50. The lowest BCUT2D eigenvalue weighted by Crippen LogP contribution is -2.03. The Balaban J connectivity index is 2.49.